The highest BCUT2D eigenvalue weighted by Gasteiger charge is 2.31. The number of hydrogen-bond acceptors (Lipinski definition) is 4. The number of nitrogens with zero attached hydrogens (tertiary/aromatic N) is 2. The number of ether oxygens (including phenoxy) is 1. The lowest BCUT2D eigenvalue weighted by Crippen LogP contribution is -2.41. The van der Waals surface area contributed by atoms with Gasteiger partial charge >= 0.3 is 0 Å². The van der Waals surface area contributed by atoms with Gasteiger partial charge in [0, 0.05) is 19.0 Å². The zero-order chi connectivity index (χ0) is 13.8. The normalized spacial score (nSPS) is 21.4. The van der Waals surface area contributed by atoms with Gasteiger partial charge in [-0.2, -0.15) is 5.10 Å². The molecule has 0 radical (unpaired) electrons. The molecule has 1 saturated carbocycles. The van der Waals surface area contributed by atoms with Crippen molar-refractivity contribution in [2.24, 2.45) is 0 Å². The van der Waals surface area contributed by atoms with Gasteiger partial charge in [0.2, 0.25) is 0 Å². The quantitative estimate of drug-likeness (QED) is 0.843. The molecule has 20 heavy (non-hydrogen) atoms. The average molecular weight is 272 g/mol. The molecule has 1 aromatic carbocycles. The van der Waals surface area contributed by atoms with E-state index < -0.39 is 0 Å². The largest absolute Gasteiger partial charge is 0.496 e. The first-order valence-corrected chi connectivity index (χ1v) is 7.07. The molecule has 5 nitrogen and oxygen atoms in total. The fourth-order valence-electron chi connectivity index (χ4n) is 2.79. The standard InChI is InChI=1S/C15H20N4O/c1-20-14-5-3-2-4-13(14)11-8-12(9-11)16-7-6-15-17-10-18-19-15/h2-5,10-12,16H,6-9H2,1H3,(H,17,18,19). The maximum absolute atomic E-state index is 5.43. The fraction of sp³-hybridized carbons (Fsp3) is 0.467. The van der Waals surface area contributed by atoms with Crippen LogP contribution in [0.3, 0.4) is 0 Å². The maximum atomic E-state index is 5.43. The van der Waals surface area contributed by atoms with Gasteiger partial charge < -0.3 is 10.1 Å². The van der Waals surface area contributed by atoms with Gasteiger partial charge in [0.25, 0.3) is 0 Å². The van der Waals surface area contributed by atoms with Crippen molar-refractivity contribution in [1.29, 1.82) is 0 Å². The van der Waals surface area contributed by atoms with Crippen LogP contribution >= 0.6 is 0 Å². The highest BCUT2D eigenvalue weighted by Crippen LogP contribution is 2.40. The predicted octanol–water partition coefficient (Wildman–Crippen LogP) is 1.89. The molecule has 1 aliphatic carbocycles. The van der Waals surface area contributed by atoms with Crippen molar-refractivity contribution in [3.8, 4) is 5.75 Å². The van der Waals surface area contributed by atoms with Crippen molar-refractivity contribution in [2.75, 3.05) is 13.7 Å². The van der Waals surface area contributed by atoms with Crippen molar-refractivity contribution in [2.45, 2.75) is 31.2 Å². The summed E-state index contributed by atoms with van der Waals surface area (Å²) < 4.78 is 5.43. The molecule has 2 N–H and O–H groups in total. The van der Waals surface area contributed by atoms with E-state index in [1.54, 1.807) is 13.4 Å². The Morgan fingerprint density at radius 3 is 2.95 bits per heavy atom. The fourth-order valence-corrected chi connectivity index (χ4v) is 2.79. The molecule has 0 bridgehead atoms. The Balaban J connectivity index is 1.44. The van der Waals surface area contributed by atoms with Gasteiger partial charge in [0.05, 0.1) is 7.11 Å². The molecule has 0 amide bonds. The molecule has 0 unspecified atom stereocenters. The van der Waals surface area contributed by atoms with Crippen molar-refractivity contribution >= 4 is 0 Å². The van der Waals surface area contributed by atoms with Gasteiger partial charge in [0.15, 0.2) is 0 Å². The minimum Gasteiger partial charge on any atom is -0.496 e. The van der Waals surface area contributed by atoms with Crippen LogP contribution in [0.1, 0.15) is 30.1 Å². The summed E-state index contributed by atoms with van der Waals surface area (Å²) in [5, 5.41) is 10.3. The van der Waals surface area contributed by atoms with E-state index in [-0.39, 0.29) is 0 Å². The summed E-state index contributed by atoms with van der Waals surface area (Å²) in [4.78, 5) is 4.12. The first-order valence-electron chi connectivity index (χ1n) is 7.07. The molecule has 1 heterocycles. The lowest BCUT2D eigenvalue weighted by Gasteiger charge is -2.37. The highest BCUT2D eigenvalue weighted by atomic mass is 16.5. The highest BCUT2D eigenvalue weighted by molar-refractivity contribution is 5.37. The van der Waals surface area contributed by atoms with E-state index in [2.05, 4.69) is 32.6 Å². The molecular formula is C15H20N4O. The van der Waals surface area contributed by atoms with Crippen LogP contribution in [0.5, 0.6) is 5.75 Å². The van der Waals surface area contributed by atoms with Crippen LogP contribution in [0.25, 0.3) is 0 Å². The van der Waals surface area contributed by atoms with Gasteiger partial charge in [0.1, 0.15) is 17.9 Å². The number of nitrogens with one attached hydrogen (secondary N) is 2. The minimum absolute atomic E-state index is 0.604. The molecular weight excluding hydrogens is 252 g/mol. The van der Waals surface area contributed by atoms with Crippen molar-refractivity contribution in [3.05, 3.63) is 42.0 Å². The first kappa shape index (κ1) is 13.1. The lowest BCUT2D eigenvalue weighted by atomic mass is 9.75. The number of benzene rings is 1. The van der Waals surface area contributed by atoms with E-state index in [4.69, 9.17) is 4.74 Å². The average Bonchev–Trinajstić information content (AvgIpc) is 2.94. The van der Waals surface area contributed by atoms with Gasteiger partial charge in [-0.3, -0.25) is 5.10 Å². The predicted molar refractivity (Wildman–Crippen MR) is 76.8 cm³/mol. The van der Waals surface area contributed by atoms with E-state index in [9.17, 15) is 0 Å². The van der Waals surface area contributed by atoms with Crippen LogP contribution in [0, 0.1) is 0 Å². The van der Waals surface area contributed by atoms with Crippen LogP contribution in [0.4, 0.5) is 0 Å². The third kappa shape index (κ3) is 2.82. The molecule has 5 heteroatoms. The molecule has 0 spiro atoms. The Bertz CT molecular complexity index is 535. The molecule has 1 aliphatic rings. The Labute approximate surface area is 118 Å². The number of aromatic amines is 1. The second-order valence-electron chi connectivity index (χ2n) is 5.24. The SMILES string of the molecule is COc1ccccc1C1CC(NCCc2ncn[nH]2)C1. The van der Waals surface area contributed by atoms with Crippen LogP contribution < -0.4 is 10.1 Å². The topological polar surface area (TPSA) is 62.8 Å². The third-order valence-electron chi connectivity index (χ3n) is 3.98. The zero-order valence-electron chi connectivity index (χ0n) is 11.7. The zero-order valence-corrected chi connectivity index (χ0v) is 11.7. The summed E-state index contributed by atoms with van der Waals surface area (Å²) in [6.07, 6.45) is 4.81. The van der Waals surface area contributed by atoms with Gasteiger partial charge in [-0.25, -0.2) is 4.98 Å². The number of H-pyrrole nitrogens is 1. The number of hydrogen-bond donors (Lipinski definition) is 2. The summed E-state index contributed by atoms with van der Waals surface area (Å²) in [6.45, 7) is 0.943. The van der Waals surface area contributed by atoms with Crippen molar-refractivity contribution in [3.63, 3.8) is 0 Å². The van der Waals surface area contributed by atoms with E-state index in [1.165, 1.54) is 18.4 Å². The molecule has 1 aromatic heterocycles. The number of rotatable bonds is 6. The van der Waals surface area contributed by atoms with Crippen LogP contribution in [-0.4, -0.2) is 34.9 Å². The Morgan fingerprint density at radius 2 is 2.20 bits per heavy atom. The number of aromatic nitrogens is 3. The summed E-state index contributed by atoms with van der Waals surface area (Å²) >= 11 is 0. The van der Waals surface area contributed by atoms with E-state index >= 15 is 0 Å². The molecule has 2 aromatic rings. The Kier molecular flexibility index (Phi) is 3.97. The molecule has 0 saturated heterocycles. The summed E-state index contributed by atoms with van der Waals surface area (Å²) in [6, 6.07) is 8.93. The summed E-state index contributed by atoms with van der Waals surface area (Å²) in [7, 11) is 1.74. The monoisotopic (exact) mass is 272 g/mol. The van der Waals surface area contributed by atoms with E-state index in [1.807, 2.05) is 12.1 Å². The van der Waals surface area contributed by atoms with E-state index in [0.717, 1.165) is 24.5 Å². The smallest absolute Gasteiger partial charge is 0.137 e. The van der Waals surface area contributed by atoms with Gasteiger partial charge in [-0.15, -0.1) is 0 Å². The minimum atomic E-state index is 0.604. The molecule has 0 atom stereocenters. The summed E-state index contributed by atoms with van der Waals surface area (Å²) in [5.41, 5.74) is 1.34. The molecule has 0 aliphatic heterocycles. The van der Waals surface area contributed by atoms with Crippen molar-refractivity contribution in [1.82, 2.24) is 20.5 Å². The first-order chi connectivity index (χ1) is 9.86. The van der Waals surface area contributed by atoms with Crippen molar-refractivity contribution < 1.29 is 4.74 Å². The summed E-state index contributed by atoms with van der Waals surface area (Å²) in [5.74, 6) is 2.57. The second kappa shape index (κ2) is 6.05. The lowest BCUT2D eigenvalue weighted by molar-refractivity contribution is 0.284. The van der Waals surface area contributed by atoms with Gasteiger partial charge in [-0.05, 0) is 30.4 Å². The van der Waals surface area contributed by atoms with Crippen LogP contribution in [0.2, 0.25) is 0 Å². The molecule has 106 valence electrons. The third-order valence-corrected chi connectivity index (χ3v) is 3.98. The number of para-hydroxylation sites is 1. The number of methoxy groups -OCH3 is 1. The van der Waals surface area contributed by atoms with Gasteiger partial charge in [-0.1, -0.05) is 18.2 Å². The Hall–Kier alpha value is -1.88. The van der Waals surface area contributed by atoms with Crippen LogP contribution in [-0.2, 0) is 6.42 Å². The van der Waals surface area contributed by atoms with E-state index in [0.29, 0.717) is 12.0 Å². The second-order valence-corrected chi connectivity index (χ2v) is 5.24. The maximum Gasteiger partial charge on any atom is 0.137 e. The molecule has 1 fully saturated rings. The van der Waals surface area contributed by atoms with Crippen LogP contribution in [0.15, 0.2) is 30.6 Å². The molecule has 3 rings (SSSR count). The Morgan fingerprint density at radius 1 is 1.35 bits per heavy atom.